The molecule has 0 spiro atoms. The lowest BCUT2D eigenvalue weighted by atomic mass is 9.94. The fourth-order valence-corrected chi connectivity index (χ4v) is 2.26. The van der Waals surface area contributed by atoms with Crippen molar-refractivity contribution in [2.45, 2.75) is 26.7 Å². The minimum atomic E-state index is -0.837. The quantitative estimate of drug-likeness (QED) is 0.772. The van der Waals surface area contributed by atoms with E-state index in [-0.39, 0.29) is 18.2 Å². The predicted molar refractivity (Wildman–Crippen MR) is 80.5 cm³/mol. The smallest absolute Gasteiger partial charge is 0.303 e. The Morgan fingerprint density at radius 1 is 1.33 bits per heavy atom. The van der Waals surface area contributed by atoms with Crippen molar-refractivity contribution in [1.29, 1.82) is 0 Å². The number of hydrogen-bond donors (Lipinski definition) is 2. The van der Waals surface area contributed by atoms with Gasteiger partial charge < -0.3 is 15.2 Å². The highest BCUT2D eigenvalue weighted by Crippen LogP contribution is 2.16. The van der Waals surface area contributed by atoms with E-state index in [1.54, 1.807) is 31.4 Å². The molecule has 1 rings (SSSR count). The van der Waals surface area contributed by atoms with Crippen LogP contribution >= 0.6 is 0 Å². The van der Waals surface area contributed by atoms with E-state index in [4.69, 9.17) is 9.84 Å². The molecule has 0 aliphatic heterocycles. The van der Waals surface area contributed by atoms with E-state index < -0.39 is 5.97 Å². The molecule has 0 aromatic heterocycles. The summed E-state index contributed by atoms with van der Waals surface area (Å²) < 4.78 is 5.08. The van der Waals surface area contributed by atoms with Gasteiger partial charge >= 0.3 is 5.97 Å². The van der Waals surface area contributed by atoms with Crippen LogP contribution in [0.2, 0.25) is 0 Å². The molecule has 0 radical (unpaired) electrons. The zero-order valence-electron chi connectivity index (χ0n) is 12.8. The fourth-order valence-electron chi connectivity index (χ4n) is 2.26. The monoisotopic (exact) mass is 293 g/mol. The van der Waals surface area contributed by atoms with Gasteiger partial charge in [-0.1, -0.05) is 19.9 Å². The summed E-state index contributed by atoms with van der Waals surface area (Å²) in [6, 6.07) is 6.87. The maximum Gasteiger partial charge on any atom is 0.303 e. The zero-order chi connectivity index (χ0) is 15.8. The van der Waals surface area contributed by atoms with Crippen molar-refractivity contribution in [3.05, 3.63) is 29.8 Å². The van der Waals surface area contributed by atoms with Crippen molar-refractivity contribution in [2.75, 3.05) is 13.7 Å². The van der Waals surface area contributed by atoms with Crippen molar-refractivity contribution in [3.8, 4) is 5.75 Å². The highest BCUT2D eigenvalue weighted by molar-refractivity contribution is 5.94. The number of ether oxygens (including phenoxy) is 1. The van der Waals surface area contributed by atoms with Gasteiger partial charge in [0.1, 0.15) is 5.75 Å². The van der Waals surface area contributed by atoms with Crippen LogP contribution in [0.1, 0.15) is 37.0 Å². The van der Waals surface area contributed by atoms with Crippen LogP contribution in [-0.2, 0) is 4.79 Å². The Bertz CT molecular complexity index is 485. The first-order chi connectivity index (χ1) is 9.92. The summed E-state index contributed by atoms with van der Waals surface area (Å²) in [7, 11) is 1.54. The third kappa shape index (κ3) is 6.29. The molecule has 5 nitrogen and oxygen atoms in total. The van der Waals surface area contributed by atoms with Crippen LogP contribution < -0.4 is 10.1 Å². The van der Waals surface area contributed by atoms with Crippen LogP contribution in [0.4, 0.5) is 0 Å². The molecular formula is C16H23NO4. The Labute approximate surface area is 125 Å². The van der Waals surface area contributed by atoms with Gasteiger partial charge in [-0.3, -0.25) is 9.59 Å². The van der Waals surface area contributed by atoms with E-state index in [1.807, 2.05) is 13.8 Å². The normalized spacial score (nSPS) is 12.0. The summed E-state index contributed by atoms with van der Waals surface area (Å²) in [6.45, 7) is 4.44. The van der Waals surface area contributed by atoms with Crippen LogP contribution in [0.25, 0.3) is 0 Å². The molecule has 0 aliphatic rings. The van der Waals surface area contributed by atoms with Crippen molar-refractivity contribution >= 4 is 11.9 Å². The molecular weight excluding hydrogens is 270 g/mol. The van der Waals surface area contributed by atoms with Crippen LogP contribution in [-0.4, -0.2) is 30.6 Å². The summed E-state index contributed by atoms with van der Waals surface area (Å²) in [5.41, 5.74) is 0.507. The molecule has 0 saturated carbocycles. The second-order valence-electron chi connectivity index (χ2n) is 5.54. The van der Waals surface area contributed by atoms with Gasteiger partial charge in [0.25, 0.3) is 5.91 Å². The molecule has 0 aliphatic carbocycles. The number of carboxylic acid groups (broad SMARTS) is 1. The number of carbonyl (C=O) groups is 2. The van der Waals surface area contributed by atoms with Gasteiger partial charge in [0.15, 0.2) is 0 Å². The first-order valence-corrected chi connectivity index (χ1v) is 7.06. The van der Waals surface area contributed by atoms with Crippen LogP contribution in [0.5, 0.6) is 5.75 Å². The molecule has 1 aromatic carbocycles. The first kappa shape index (κ1) is 17.0. The molecule has 0 saturated heterocycles. The van der Waals surface area contributed by atoms with E-state index in [9.17, 15) is 9.59 Å². The number of aliphatic carboxylic acids is 1. The summed E-state index contributed by atoms with van der Waals surface area (Å²) in [6.07, 6.45) is 0.835. The fraction of sp³-hybridized carbons (Fsp3) is 0.500. The number of hydrogen-bond acceptors (Lipinski definition) is 3. The Balaban J connectivity index is 2.61. The van der Waals surface area contributed by atoms with E-state index >= 15 is 0 Å². The SMILES string of the molecule is COc1cccc(C(=O)NCC(CC(=O)O)CC(C)C)c1. The number of rotatable bonds is 8. The number of amides is 1. The molecule has 116 valence electrons. The van der Waals surface area contributed by atoms with E-state index in [2.05, 4.69) is 5.32 Å². The zero-order valence-corrected chi connectivity index (χ0v) is 12.8. The molecule has 0 fully saturated rings. The van der Waals surface area contributed by atoms with Gasteiger partial charge in [0.2, 0.25) is 0 Å². The third-order valence-electron chi connectivity index (χ3n) is 3.15. The number of carbonyl (C=O) groups excluding carboxylic acids is 1. The minimum absolute atomic E-state index is 0.0583. The average molecular weight is 293 g/mol. The van der Waals surface area contributed by atoms with Gasteiger partial charge in [-0.25, -0.2) is 0 Å². The highest BCUT2D eigenvalue weighted by atomic mass is 16.5. The molecule has 21 heavy (non-hydrogen) atoms. The standard InChI is InChI=1S/C16H23NO4/c1-11(2)7-12(8-15(18)19)10-17-16(20)13-5-4-6-14(9-13)21-3/h4-6,9,11-12H,7-8,10H2,1-3H3,(H,17,20)(H,18,19). The van der Waals surface area contributed by atoms with Crippen molar-refractivity contribution in [2.24, 2.45) is 11.8 Å². The first-order valence-electron chi connectivity index (χ1n) is 7.06. The lowest BCUT2D eigenvalue weighted by Gasteiger charge is -2.17. The summed E-state index contributed by atoms with van der Waals surface area (Å²) in [4.78, 5) is 22.9. The van der Waals surface area contributed by atoms with E-state index in [1.165, 1.54) is 0 Å². The molecule has 0 heterocycles. The molecule has 1 atom stereocenters. The Morgan fingerprint density at radius 3 is 2.62 bits per heavy atom. The third-order valence-corrected chi connectivity index (χ3v) is 3.15. The van der Waals surface area contributed by atoms with Crippen LogP contribution in [0.3, 0.4) is 0 Å². The van der Waals surface area contributed by atoms with Gasteiger partial charge in [0, 0.05) is 18.5 Å². The summed E-state index contributed by atoms with van der Waals surface area (Å²) >= 11 is 0. The Morgan fingerprint density at radius 2 is 2.05 bits per heavy atom. The summed E-state index contributed by atoms with van der Waals surface area (Å²) in [5.74, 6) is -0.101. The largest absolute Gasteiger partial charge is 0.497 e. The topological polar surface area (TPSA) is 75.6 Å². The second kappa shape index (κ2) is 8.29. The highest BCUT2D eigenvalue weighted by Gasteiger charge is 2.16. The van der Waals surface area contributed by atoms with Gasteiger partial charge in [-0.2, -0.15) is 0 Å². The van der Waals surface area contributed by atoms with Crippen molar-refractivity contribution < 1.29 is 19.4 Å². The molecule has 1 aromatic rings. The van der Waals surface area contributed by atoms with E-state index in [0.29, 0.717) is 23.8 Å². The maximum absolute atomic E-state index is 12.1. The maximum atomic E-state index is 12.1. The lowest BCUT2D eigenvalue weighted by molar-refractivity contribution is -0.138. The molecule has 1 amide bonds. The van der Waals surface area contributed by atoms with Gasteiger partial charge in [-0.05, 0) is 36.5 Å². The van der Waals surface area contributed by atoms with Crippen molar-refractivity contribution in [3.63, 3.8) is 0 Å². The number of methoxy groups -OCH3 is 1. The van der Waals surface area contributed by atoms with Crippen LogP contribution in [0.15, 0.2) is 24.3 Å². The Kier molecular flexibility index (Phi) is 6.72. The molecule has 2 N–H and O–H groups in total. The average Bonchev–Trinajstić information content (AvgIpc) is 2.43. The molecule has 1 unspecified atom stereocenters. The number of benzene rings is 1. The van der Waals surface area contributed by atoms with Crippen LogP contribution in [0, 0.1) is 11.8 Å². The summed E-state index contributed by atoms with van der Waals surface area (Å²) in [5, 5.41) is 11.7. The van der Waals surface area contributed by atoms with Gasteiger partial charge in [0.05, 0.1) is 7.11 Å². The Hall–Kier alpha value is -2.04. The molecule has 5 heteroatoms. The molecule has 0 bridgehead atoms. The van der Waals surface area contributed by atoms with E-state index in [0.717, 1.165) is 6.42 Å². The number of nitrogens with one attached hydrogen (secondary N) is 1. The number of carboxylic acids is 1. The lowest BCUT2D eigenvalue weighted by Crippen LogP contribution is -2.31. The minimum Gasteiger partial charge on any atom is -0.497 e. The second-order valence-corrected chi connectivity index (χ2v) is 5.54. The predicted octanol–water partition coefficient (Wildman–Crippen LogP) is 2.56. The van der Waals surface area contributed by atoms with Crippen molar-refractivity contribution in [1.82, 2.24) is 5.32 Å². The van der Waals surface area contributed by atoms with Gasteiger partial charge in [-0.15, -0.1) is 0 Å².